The molecule has 0 saturated heterocycles. The molecule has 0 saturated carbocycles. The molecule has 0 unspecified atom stereocenters. The Labute approximate surface area is 85.2 Å². The molecule has 0 fully saturated rings. The summed E-state index contributed by atoms with van der Waals surface area (Å²) in [7, 11) is 0. The van der Waals surface area contributed by atoms with E-state index < -0.39 is 5.24 Å². The van der Waals surface area contributed by atoms with Crippen LogP contribution >= 0.6 is 22.9 Å². The molecule has 0 aliphatic heterocycles. The molecule has 0 spiro atoms. The number of carbonyl (C=O) groups excluding carboxylic acids is 1. The van der Waals surface area contributed by atoms with Crippen LogP contribution in [-0.2, 0) is 4.79 Å². The molecule has 0 amide bonds. The average Bonchev–Trinajstić information content (AvgIpc) is 2.46. The van der Waals surface area contributed by atoms with E-state index in [0.29, 0.717) is 16.4 Å². The van der Waals surface area contributed by atoms with Crippen LogP contribution in [0.5, 0.6) is 0 Å². The van der Waals surface area contributed by atoms with E-state index in [9.17, 15) is 4.79 Å². The van der Waals surface area contributed by atoms with Crippen molar-refractivity contribution in [1.82, 2.24) is 4.98 Å². The second kappa shape index (κ2) is 4.39. The van der Waals surface area contributed by atoms with E-state index in [0.717, 1.165) is 6.42 Å². The summed E-state index contributed by atoms with van der Waals surface area (Å²) in [6.07, 6.45) is 2.48. The second-order valence-electron chi connectivity index (χ2n) is 2.37. The third-order valence-electron chi connectivity index (χ3n) is 1.42. The number of nitrogens with two attached hydrogens (primary N) is 1. The van der Waals surface area contributed by atoms with E-state index >= 15 is 0 Å². The first-order valence-electron chi connectivity index (χ1n) is 3.76. The summed E-state index contributed by atoms with van der Waals surface area (Å²) in [6.45, 7) is 1.93. The monoisotopic (exact) mass is 216 g/mol. The Morgan fingerprint density at radius 2 is 2.54 bits per heavy atom. The van der Waals surface area contributed by atoms with Crippen LogP contribution in [0.2, 0.25) is 0 Å². The van der Waals surface area contributed by atoms with Gasteiger partial charge in [0.05, 0.1) is 11.3 Å². The molecule has 13 heavy (non-hydrogen) atoms. The maximum atomic E-state index is 11.0. The van der Waals surface area contributed by atoms with E-state index in [2.05, 4.69) is 4.98 Å². The lowest BCUT2D eigenvalue weighted by Gasteiger charge is -1.95. The molecule has 1 rings (SSSR count). The average molecular weight is 217 g/mol. The van der Waals surface area contributed by atoms with Gasteiger partial charge in [0.15, 0.2) is 5.13 Å². The summed E-state index contributed by atoms with van der Waals surface area (Å²) >= 11 is 6.67. The third kappa shape index (κ3) is 2.54. The lowest BCUT2D eigenvalue weighted by atomic mass is 10.2. The summed E-state index contributed by atoms with van der Waals surface area (Å²) < 4.78 is 0. The fourth-order valence-electron chi connectivity index (χ4n) is 0.901. The highest BCUT2D eigenvalue weighted by atomic mass is 35.5. The van der Waals surface area contributed by atoms with E-state index in [1.807, 2.05) is 6.92 Å². The summed E-state index contributed by atoms with van der Waals surface area (Å²) in [5, 5.41) is 1.67. The maximum Gasteiger partial charge on any atom is 0.254 e. The first kappa shape index (κ1) is 10.2. The number of carbonyl (C=O) groups is 1. The number of aromatic nitrogens is 1. The van der Waals surface area contributed by atoms with Gasteiger partial charge in [-0.2, -0.15) is 0 Å². The molecule has 1 aromatic heterocycles. The highest BCUT2D eigenvalue weighted by Crippen LogP contribution is 2.21. The van der Waals surface area contributed by atoms with Crippen LogP contribution in [0.1, 0.15) is 19.0 Å². The van der Waals surface area contributed by atoms with Gasteiger partial charge in [-0.25, -0.2) is 4.98 Å². The summed E-state index contributed by atoms with van der Waals surface area (Å²) in [6, 6.07) is 0. The van der Waals surface area contributed by atoms with Gasteiger partial charge in [0.2, 0.25) is 0 Å². The topological polar surface area (TPSA) is 56.0 Å². The Morgan fingerprint density at radius 1 is 1.85 bits per heavy atom. The Bertz CT molecular complexity index is 346. The number of nitrogens with zero attached hydrogens (tertiary/aromatic N) is 1. The maximum absolute atomic E-state index is 11.0. The smallest absolute Gasteiger partial charge is 0.254 e. The predicted molar refractivity (Wildman–Crippen MR) is 55.7 cm³/mol. The van der Waals surface area contributed by atoms with Crippen LogP contribution in [0.25, 0.3) is 5.57 Å². The van der Waals surface area contributed by atoms with Crippen molar-refractivity contribution in [2.45, 2.75) is 13.3 Å². The van der Waals surface area contributed by atoms with Gasteiger partial charge in [-0.1, -0.05) is 13.0 Å². The molecule has 70 valence electrons. The molecule has 2 N–H and O–H groups in total. The Balaban J connectivity index is 3.02. The van der Waals surface area contributed by atoms with Gasteiger partial charge in [-0.3, -0.25) is 4.79 Å². The van der Waals surface area contributed by atoms with Crippen LogP contribution in [0, 0.1) is 0 Å². The van der Waals surface area contributed by atoms with Gasteiger partial charge < -0.3 is 5.73 Å². The largest absolute Gasteiger partial charge is 0.375 e. The molecule has 0 aliphatic rings. The molecule has 0 radical (unpaired) electrons. The van der Waals surface area contributed by atoms with Crippen LogP contribution in [0.15, 0.2) is 11.5 Å². The minimum atomic E-state index is -0.493. The molecule has 5 heteroatoms. The van der Waals surface area contributed by atoms with Gasteiger partial charge >= 0.3 is 0 Å². The van der Waals surface area contributed by atoms with Crippen molar-refractivity contribution >= 4 is 38.9 Å². The molecule has 3 nitrogen and oxygen atoms in total. The molecule has 1 aromatic rings. The van der Waals surface area contributed by atoms with Gasteiger partial charge in [0.25, 0.3) is 5.24 Å². The SMILES string of the molecule is CCC=C(C(=O)Cl)c1csc(N)n1. The highest BCUT2D eigenvalue weighted by Gasteiger charge is 2.11. The molecule has 0 atom stereocenters. The fourth-order valence-corrected chi connectivity index (χ4v) is 1.64. The van der Waals surface area contributed by atoms with E-state index in [4.69, 9.17) is 17.3 Å². The second-order valence-corrected chi connectivity index (χ2v) is 3.60. The summed E-state index contributed by atoms with van der Waals surface area (Å²) in [5.74, 6) is 0. The van der Waals surface area contributed by atoms with Crippen LogP contribution in [0.3, 0.4) is 0 Å². The number of anilines is 1. The standard InChI is InChI=1S/C8H9ClN2OS/c1-2-3-5(7(9)12)6-4-13-8(10)11-6/h3-4H,2H2,1H3,(H2,10,11). The van der Waals surface area contributed by atoms with Crippen LogP contribution in [-0.4, -0.2) is 10.2 Å². The minimum Gasteiger partial charge on any atom is -0.375 e. The van der Waals surface area contributed by atoms with Crippen molar-refractivity contribution in [3.8, 4) is 0 Å². The minimum absolute atomic E-state index is 0.428. The molecule has 0 aromatic carbocycles. The van der Waals surface area contributed by atoms with Crippen molar-refractivity contribution in [2.75, 3.05) is 5.73 Å². The molecule has 1 heterocycles. The first-order chi connectivity index (χ1) is 6.15. The molecular weight excluding hydrogens is 208 g/mol. The quantitative estimate of drug-likeness (QED) is 0.623. The van der Waals surface area contributed by atoms with Gasteiger partial charge in [0, 0.05) is 5.38 Å². The van der Waals surface area contributed by atoms with E-state index in [1.165, 1.54) is 11.3 Å². The summed E-state index contributed by atoms with van der Waals surface area (Å²) in [5.41, 5.74) is 6.43. The lowest BCUT2D eigenvalue weighted by Crippen LogP contribution is -1.94. The Hall–Kier alpha value is -0.870. The van der Waals surface area contributed by atoms with Crippen LogP contribution < -0.4 is 5.73 Å². The van der Waals surface area contributed by atoms with Crippen LogP contribution in [0.4, 0.5) is 5.13 Å². The Kier molecular flexibility index (Phi) is 3.45. The zero-order valence-corrected chi connectivity index (χ0v) is 8.65. The van der Waals surface area contributed by atoms with Gasteiger partial charge in [0.1, 0.15) is 0 Å². The number of nitrogen functional groups attached to an aromatic ring is 1. The van der Waals surface area contributed by atoms with Crippen molar-refractivity contribution in [3.63, 3.8) is 0 Å². The molecule has 0 bridgehead atoms. The van der Waals surface area contributed by atoms with Crippen molar-refractivity contribution in [3.05, 3.63) is 17.2 Å². The molecule has 0 aliphatic carbocycles. The number of thiazole rings is 1. The molecular formula is C8H9ClN2OS. The first-order valence-corrected chi connectivity index (χ1v) is 5.02. The van der Waals surface area contributed by atoms with Gasteiger partial charge in [-0.15, -0.1) is 11.3 Å². The number of hydrogen-bond acceptors (Lipinski definition) is 4. The zero-order valence-electron chi connectivity index (χ0n) is 7.08. The van der Waals surface area contributed by atoms with E-state index in [-0.39, 0.29) is 0 Å². The highest BCUT2D eigenvalue weighted by molar-refractivity contribution is 7.13. The fraction of sp³-hybridized carbons (Fsp3) is 0.250. The number of halogens is 1. The van der Waals surface area contributed by atoms with Crippen molar-refractivity contribution in [1.29, 1.82) is 0 Å². The lowest BCUT2D eigenvalue weighted by molar-refractivity contribution is -0.106. The third-order valence-corrected chi connectivity index (χ3v) is 2.30. The number of rotatable bonds is 3. The number of hydrogen-bond donors (Lipinski definition) is 1. The normalized spacial score (nSPS) is 11.7. The zero-order chi connectivity index (χ0) is 9.84. The number of allylic oxidation sites excluding steroid dienone is 2. The van der Waals surface area contributed by atoms with Gasteiger partial charge in [-0.05, 0) is 18.0 Å². The predicted octanol–water partition coefficient (Wildman–Crippen LogP) is 2.28. The van der Waals surface area contributed by atoms with Crippen molar-refractivity contribution in [2.24, 2.45) is 0 Å². The van der Waals surface area contributed by atoms with E-state index in [1.54, 1.807) is 11.5 Å². The van der Waals surface area contributed by atoms with Crippen molar-refractivity contribution < 1.29 is 4.79 Å². The summed E-state index contributed by atoms with van der Waals surface area (Å²) in [4.78, 5) is 14.9. The Morgan fingerprint density at radius 3 is 2.92 bits per heavy atom.